The average molecular weight is 324 g/mol. The highest BCUT2D eigenvalue weighted by Crippen LogP contribution is 2.21. The molecule has 22 heavy (non-hydrogen) atoms. The van der Waals surface area contributed by atoms with Crippen molar-refractivity contribution in [3.05, 3.63) is 29.6 Å². The van der Waals surface area contributed by atoms with Crippen LogP contribution in [0.15, 0.2) is 23.4 Å². The second-order valence-corrected chi connectivity index (χ2v) is 6.04. The minimum absolute atomic E-state index is 0.116. The van der Waals surface area contributed by atoms with Gasteiger partial charge < -0.3 is 4.74 Å². The van der Waals surface area contributed by atoms with Crippen molar-refractivity contribution in [1.82, 2.24) is 20.2 Å². The maximum Gasteiger partial charge on any atom is 0.209 e. The third-order valence-electron chi connectivity index (χ3n) is 2.84. The molecule has 0 N–H and O–H groups in total. The van der Waals surface area contributed by atoms with Crippen LogP contribution in [0.3, 0.4) is 0 Å². The van der Waals surface area contributed by atoms with Gasteiger partial charge in [-0.05, 0) is 34.5 Å². The third kappa shape index (κ3) is 4.03. The normalized spacial score (nSPS) is 11.0. The van der Waals surface area contributed by atoms with Crippen LogP contribution in [0.5, 0.6) is 5.75 Å². The number of methoxy groups -OCH3 is 1. The van der Waals surface area contributed by atoms with E-state index >= 15 is 0 Å². The van der Waals surface area contributed by atoms with Crippen LogP contribution in [0, 0.1) is 11.7 Å². The van der Waals surface area contributed by atoms with Crippen LogP contribution in [0.4, 0.5) is 4.39 Å². The highest BCUT2D eigenvalue weighted by molar-refractivity contribution is 7.99. The van der Waals surface area contributed by atoms with Gasteiger partial charge in [-0.2, -0.15) is 0 Å². The summed E-state index contributed by atoms with van der Waals surface area (Å²) in [5.41, 5.74) is 0.300. The number of carbonyl (C=O) groups excluding carboxylic acids is 1. The first-order valence-corrected chi connectivity index (χ1v) is 7.75. The molecule has 0 saturated carbocycles. The number of ether oxygens (including phenoxy) is 1. The lowest BCUT2D eigenvalue weighted by atomic mass is 10.1. The summed E-state index contributed by atoms with van der Waals surface area (Å²) in [6.45, 7) is 4.80. The summed E-state index contributed by atoms with van der Waals surface area (Å²) in [5.74, 6) is -0.0857. The van der Waals surface area contributed by atoms with Crippen molar-refractivity contribution in [2.75, 3.05) is 12.9 Å². The Morgan fingerprint density at radius 3 is 2.86 bits per heavy atom. The van der Waals surface area contributed by atoms with Gasteiger partial charge in [0.15, 0.2) is 17.3 Å². The monoisotopic (exact) mass is 324 g/mol. The van der Waals surface area contributed by atoms with Crippen LogP contribution in [0.2, 0.25) is 0 Å². The molecule has 0 amide bonds. The van der Waals surface area contributed by atoms with Gasteiger partial charge in [0.25, 0.3) is 0 Å². The molecule has 1 aromatic heterocycles. The van der Waals surface area contributed by atoms with Crippen LogP contribution in [0.1, 0.15) is 24.2 Å². The van der Waals surface area contributed by atoms with E-state index in [9.17, 15) is 9.18 Å². The number of hydrogen-bond donors (Lipinski definition) is 0. The number of rotatable bonds is 7. The van der Waals surface area contributed by atoms with Crippen molar-refractivity contribution < 1.29 is 13.9 Å². The number of ketones is 1. The van der Waals surface area contributed by atoms with Crippen LogP contribution < -0.4 is 4.74 Å². The van der Waals surface area contributed by atoms with Crippen molar-refractivity contribution in [3.8, 4) is 5.75 Å². The zero-order valence-electron chi connectivity index (χ0n) is 12.6. The van der Waals surface area contributed by atoms with Crippen LogP contribution in [-0.2, 0) is 6.54 Å². The highest BCUT2D eigenvalue weighted by Gasteiger charge is 2.14. The molecule has 0 unspecified atom stereocenters. The SMILES string of the molecule is COc1ccc(C(=O)CSc2nnnn2CC(C)C)cc1F. The van der Waals surface area contributed by atoms with Crippen molar-refractivity contribution in [3.63, 3.8) is 0 Å². The largest absolute Gasteiger partial charge is 0.494 e. The fraction of sp³-hybridized carbons (Fsp3) is 0.429. The van der Waals surface area contributed by atoms with Gasteiger partial charge in [0.1, 0.15) is 0 Å². The molecule has 8 heteroatoms. The zero-order valence-corrected chi connectivity index (χ0v) is 13.4. The summed E-state index contributed by atoms with van der Waals surface area (Å²) >= 11 is 1.24. The fourth-order valence-electron chi connectivity index (χ4n) is 1.81. The molecule has 0 spiro atoms. The molecule has 2 rings (SSSR count). The van der Waals surface area contributed by atoms with E-state index in [1.54, 1.807) is 10.7 Å². The van der Waals surface area contributed by atoms with E-state index in [4.69, 9.17) is 4.74 Å². The Kier molecular flexibility index (Phi) is 5.48. The molecule has 0 fully saturated rings. The number of tetrazole rings is 1. The number of aromatic nitrogens is 4. The number of hydrogen-bond acceptors (Lipinski definition) is 6. The van der Waals surface area contributed by atoms with Crippen LogP contribution >= 0.6 is 11.8 Å². The number of nitrogens with zero attached hydrogens (tertiary/aromatic N) is 4. The molecule has 0 radical (unpaired) electrons. The molecular formula is C14H17FN4O2S. The van der Waals surface area contributed by atoms with E-state index < -0.39 is 5.82 Å². The molecule has 0 bridgehead atoms. The molecule has 1 aromatic carbocycles. The fourth-order valence-corrected chi connectivity index (χ4v) is 2.59. The lowest BCUT2D eigenvalue weighted by molar-refractivity contribution is 0.102. The standard InChI is InChI=1S/C14H17FN4O2S/c1-9(2)7-19-14(16-17-18-19)22-8-12(20)10-4-5-13(21-3)11(15)6-10/h4-6,9H,7-8H2,1-3H3. The van der Waals surface area contributed by atoms with Gasteiger partial charge >= 0.3 is 0 Å². The molecule has 118 valence electrons. The first kappa shape index (κ1) is 16.4. The summed E-state index contributed by atoms with van der Waals surface area (Å²) in [5, 5.41) is 12.0. The van der Waals surface area contributed by atoms with Gasteiger partial charge in [0, 0.05) is 12.1 Å². The molecule has 0 atom stereocenters. The predicted octanol–water partition coefficient (Wildman–Crippen LogP) is 2.45. The Morgan fingerprint density at radius 2 is 2.23 bits per heavy atom. The van der Waals surface area contributed by atoms with Gasteiger partial charge in [0.2, 0.25) is 5.16 Å². The molecule has 2 aromatic rings. The van der Waals surface area contributed by atoms with Gasteiger partial charge in [0.05, 0.1) is 12.9 Å². The average Bonchev–Trinajstić information content (AvgIpc) is 2.91. The lowest BCUT2D eigenvalue weighted by Gasteiger charge is -2.07. The quantitative estimate of drug-likeness (QED) is 0.575. The lowest BCUT2D eigenvalue weighted by Crippen LogP contribution is -2.09. The maximum absolute atomic E-state index is 13.6. The molecule has 0 aliphatic carbocycles. The Hall–Kier alpha value is -1.96. The van der Waals surface area contributed by atoms with E-state index in [0.717, 1.165) is 0 Å². The molecule has 0 aliphatic heterocycles. The zero-order chi connectivity index (χ0) is 16.1. The van der Waals surface area contributed by atoms with Gasteiger partial charge in [-0.3, -0.25) is 4.79 Å². The molecule has 0 saturated heterocycles. The van der Waals surface area contributed by atoms with E-state index in [-0.39, 0.29) is 17.3 Å². The minimum atomic E-state index is -0.553. The Morgan fingerprint density at radius 1 is 1.45 bits per heavy atom. The first-order valence-electron chi connectivity index (χ1n) is 6.77. The number of benzene rings is 1. The summed E-state index contributed by atoms with van der Waals surface area (Å²) < 4.78 is 20.1. The summed E-state index contributed by atoms with van der Waals surface area (Å²) in [6.07, 6.45) is 0. The van der Waals surface area contributed by atoms with Crippen molar-refractivity contribution in [1.29, 1.82) is 0 Å². The molecule has 1 heterocycles. The second kappa shape index (κ2) is 7.35. The summed E-state index contributed by atoms with van der Waals surface area (Å²) in [7, 11) is 1.38. The first-order chi connectivity index (χ1) is 10.5. The molecule has 0 aliphatic rings. The van der Waals surface area contributed by atoms with Gasteiger partial charge in [-0.25, -0.2) is 9.07 Å². The van der Waals surface area contributed by atoms with E-state index in [1.165, 1.54) is 31.0 Å². The summed E-state index contributed by atoms with van der Waals surface area (Å²) in [4.78, 5) is 12.1. The van der Waals surface area contributed by atoms with Crippen LogP contribution in [-0.4, -0.2) is 38.9 Å². The summed E-state index contributed by atoms with van der Waals surface area (Å²) in [6, 6.07) is 4.16. The topological polar surface area (TPSA) is 69.9 Å². The van der Waals surface area contributed by atoms with Gasteiger partial charge in [-0.1, -0.05) is 25.6 Å². The van der Waals surface area contributed by atoms with E-state index in [1.807, 2.05) is 0 Å². The molecular weight excluding hydrogens is 307 g/mol. The Labute approximate surface area is 132 Å². The number of thioether (sulfide) groups is 1. The Balaban J connectivity index is 2.01. The minimum Gasteiger partial charge on any atom is -0.494 e. The Bertz CT molecular complexity index is 660. The van der Waals surface area contributed by atoms with E-state index in [0.29, 0.717) is 23.2 Å². The van der Waals surface area contributed by atoms with Crippen molar-refractivity contribution in [2.45, 2.75) is 25.5 Å². The van der Waals surface area contributed by atoms with Crippen LogP contribution in [0.25, 0.3) is 0 Å². The second-order valence-electron chi connectivity index (χ2n) is 5.10. The van der Waals surface area contributed by atoms with Gasteiger partial charge in [-0.15, -0.1) is 5.10 Å². The molecule has 6 nitrogen and oxygen atoms in total. The number of halogens is 1. The predicted molar refractivity (Wildman–Crippen MR) is 80.7 cm³/mol. The smallest absolute Gasteiger partial charge is 0.209 e. The number of Topliss-reactive ketones (excluding diaryl/α,β-unsaturated/α-hetero) is 1. The maximum atomic E-state index is 13.6. The van der Waals surface area contributed by atoms with Crippen molar-refractivity contribution in [2.24, 2.45) is 5.92 Å². The van der Waals surface area contributed by atoms with Crippen molar-refractivity contribution >= 4 is 17.5 Å². The third-order valence-corrected chi connectivity index (χ3v) is 3.80. The van der Waals surface area contributed by atoms with E-state index in [2.05, 4.69) is 29.4 Å². The number of carbonyl (C=O) groups is 1. The highest BCUT2D eigenvalue weighted by atomic mass is 32.2.